The van der Waals surface area contributed by atoms with E-state index in [0.29, 0.717) is 13.2 Å². The molecule has 1 aliphatic heterocycles. The largest absolute Gasteiger partial charge is 0.348 e. The minimum Gasteiger partial charge on any atom is -0.348 e. The maximum atomic E-state index is 10.4. The van der Waals surface area contributed by atoms with Crippen LogP contribution in [0.25, 0.3) is 0 Å². The molecule has 62 valence electrons. The molecule has 2 aliphatic rings. The summed E-state index contributed by atoms with van der Waals surface area (Å²) in [7, 11) is 0. The normalized spacial score (nSPS) is 34.7. The Morgan fingerprint density at radius 1 is 1.36 bits per heavy atom. The lowest BCUT2D eigenvalue weighted by molar-refractivity contribution is -0.153. The molecular weight excluding hydrogens is 144 g/mol. The molecule has 3 nitrogen and oxygen atoms in total. The second-order valence-corrected chi connectivity index (χ2v) is 3.25. The van der Waals surface area contributed by atoms with Crippen LogP contribution in [-0.2, 0) is 14.3 Å². The van der Waals surface area contributed by atoms with Crippen LogP contribution in [0.5, 0.6) is 0 Å². The van der Waals surface area contributed by atoms with Gasteiger partial charge in [0.25, 0.3) is 0 Å². The maximum absolute atomic E-state index is 10.4. The van der Waals surface area contributed by atoms with Crippen LogP contribution in [0.2, 0.25) is 0 Å². The first-order chi connectivity index (χ1) is 5.35. The zero-order valence-electron chi connectivity index (χ0n) is 6.41. The molecule has 0 aromatic carbocycles. The Kier molecular flexibility index (Phi) is 1.69. The number of carbonyl (C=O) groups is 1. The van der Waals surface area contributed by atoms with E-state index < -0.39 is 0 Å². The number of rotatable bonds is 1. The predicted octanol–water partition coefficient (Wildman–Crippen LogP) is 0.728. The Hall–Kier alpha value is -0.410. The molecule has 2 rings (SSSR count). The summed E-state index contributed by atoms with van der Waals surface area (Å²) in [6.07, 6.45) is 3.58. The number of carbonyl (C=O) groups excluding carboxylic acids is 1. The third kappa shape index (κ3) is 1.19. The van der Waals surface area contributed by atoms with Crippen molar-refractivity contribution in [3.63, 3.8) is 0 Å². The van der Waals surface area contributed by atoms with Crippen LogP contribution in [0.3, 0.4) is 0 Å². The van der Waals surface area contributed by atoms with Gasteiger partial charge in [0.2, 0.25) is 0 Å². The van der Waals surface area contributed by atoms with Crippen LogP contribution in [0.1, 0.15) is 19.3 Å². The topological polar surface area (TPSA) is 35.5 Å². The second-order valence-electron chi connectivity index (χ2n) is 3.25. The van der Waals surface area contributed by atoms with Gasteiger partial charge in [-0.2, -0.15) is 0 Å². The van der Waals surface area contributed by atoms with E-state index in [9.17, 15) is 4.79 Å². The second kappa shape index (κ2) is 2.57. The lowest BCUT2D eigenvalue weighted by Gasteiger charge is -2.20. The Morgan fingerprint density at radius 3 is 2.64 bits per heavy atom. The van der Waals surface area contributed by atoms with E-state index in [1.54, 1.807) is 0 Å². The standard InChI is InChI=1S/C8H12O3/c9-6-7-1-2-8(5-7)10-3-4-11-8/h6-7H,1-5H2. The molecule has 0 N–H and O–H groups in total. The van der Waals surface area contributed by atoms with Crippen LogP contribution >= 0.6 is 0 Å². The molecule has 3 heteroatoms. The molecule has 0 aromatic heterocycles. The van der Waals surface area contributed by atoms with Crippen molar-refractivity contribution in [3.8, 4) is 0 Å². The van der Waals surface area contributed by atoms with E-state index in [0.717, 1.165) is 25.5 Å². The predicted molar refractivity (Wildman–Crippen MR) is 38.0 cm³/mol. The summed E-state index contributed by atoms with van der Waals surface area (Å²) in [5.74, 6) is -0.209. The zero-order chi connectivity index (χ0) is 7.73. The van der Waals surface area contributed by atoms with Gasteiger partial charge in [0.05, 0.1) is 13.2 Å². The number of ether oxygens (including phenoxy) is 2. The van der Waals surface area contributed by atoms with Crippen LogP contribution in [-0.4, -0.2) is 25.3 Å². The van der Waals surface area contributed by atoms with Crippen molar-refractivity contribution in [3.05, 3.63) is 0 Å². The first kappa shape index (κ1) is 7.25. The number of hydrogen-bond acceptors (Lipinski definition) is 3. The lowest BCUT2D eigenvalue weighted by atomic mass is 10.1. The molecule has 0 amide bonds. The fourth-order valence-corrected chi connectivity index (χ4v) is 1.88. The van der Waals surface area contributed by atoms with E-state index in [1.807, 2.05) is 0 Å². The summed E-state index contributed by atoms with van der Waals surface area (Å²) in [6, 6.07) is 0. The lowest BCUT2D eigenvalue weighted by Crippen LogP contribution is -2.26. The van der Waals surface area contributed by atoms with Crippen molar-refractivity contribution in [1.82, 2.24) is 0 Å². The Labute approximate surface area is 65.7 Å². The highest BCUT2D eigenvalue weighted by atomic mass is 16.7. The fraction of sp³-hybridized carbons (Fsp3) is 0.875. The summed E-state index contributed by atoms with van der Waals surface area (Å²) >= 11 is 0. The number of aldehydes is 1. The average molecular weight is 156 g/mol. The van der Waals surface area contributed by atoms with Gasteiger partial charge in [-0.15, -0.1) is 0 Å². The van der Waals surface area contributed by atoms with Gasteiger partial charge in [-0.05, 0) is 6.42 Å². The minimum absolute atomic E-state index is 0.160. The minimum atomic E-state index is -0.369. The van der Waals surface area contributed by atoms with E-state index in [2.05, 4.69) is 0 Å². The molecule has 0 aromatic rings. The summed E-state index contributed by atoms with van der Waals surface area (Å²) < 4.78 is 10.9. The summed E-state index contributed by atoms with van der Waals surface area (Å²) in [6.45, 7) is 1.37. The van der Waals surface area contributed by atoms with Gasteiger partial charge in [-0.1, -0.05) is 0 Å². The van der Waals surface area contributed by atoms with E-state index in [4.69, 9.17) is 9.47 Å². The third-order valence-electron chi connectivity index (χ3n) is 2.48. The van der Waals surface area contributed by atoms with Gasteiger partial charge < -0.3 is 14.3 Å². The molecule has 1 heterocycles. The average Bonchev–Trinajstić information content (AvgIpc) is 2.62. The smallest absolute Gasteiger partial charge is 0.169 e. The van der Waals surface area contributed by atoms with Crippen molar-refractivity contribution in [2.45, 2.75) is 25.0 Å². The highest BCUT2D eigenvalue weighted by Crippen LogP contribution is 2.39. The van der Waals surface area contributed by atoms with Crippen LogP contribution in [0.4, 0.5) is 0 Å². The molecule has 1 saturated carbocycles. The van der Waals surface area contributed by atoms with Crippen molar-refractivity contribution in [2.24, 2.45) is 5.92 Å². The molecular formula is C8H12O3. The van der Waals surface area contributed by atoms with Crippen LogP contribution in [0, 0.1) is 5.92 Å². The Bertz CT molecular complexity index is 161. The van der Waals surface area contributed by atoms with Gasteiger partial charge >= 0.3 is 0 Å². The molecule has 0 bridgehead atoms. The summed E-state index contributed by atoms with van der Waals surface area (Å²) in [5, 5.41) is 0. The summed E-state index contributed by atoms with van der Waals surface area (Å²) in [4.78, 5) is 10.4. The molecule has 1 atom stereocenters. The molecule has 11 heavy (non-hydrogen) atoms. The van der Waals surface area contributed by atoms with E-state index in [-0.39, 0.29) is 11.7 Å². The Morgan fingerprint density at radius 2 is 2.09 bits per heavy atom. The Balaban J connectivity index is 2.01. The van der Waals surface area contributed by atoms with Crippen molar-refractivity contribution < 1.29 is 14.3 Å². The highest BCUT2D eigenvalue weighted by Gasteiger charge is 2.43. The molecule has 1 saturated heterocycles. The fourth-order valence-electron chi connectivity index (χ4n) is 1.88. The molecule has 0 radical (unpaired) electrons. The van der Waals surface area contributed by atoms with Crippen molar-refractivity contribution in [2.75, 3.05) is 13.2 Å². The van der Waals surface area contributed by atoms with Crippen molar-refractivity contribution >= 4 is 6.29 Å². The van der Waals surface area contributed by atoms with Crippen LogP contribution < -0.4 is 0 Å². The van der Waals surface area contributed by atoms with Gasteiger partial charge in [0.15, 0.2) is 5.79 Å². The number of hydrogen-bond donors (Lipinski definition) is 0. The zero-order valence-corrected chi connectivity index (χ0v) is 6.41. The van der Waals surface area contributed by atoms with Gasteiger partial charge in [-0.25, -0.2) is 0 Å². The van der Waals surface area contributed by atoms with Gasteiger partial charge in [0.1, 0.15) is 6.29 Å². The highest BCUT2D eigenvalue weighted by molar-refractivity contribution is 5.54. The quantitative estimate of drug-likeness (QED) is 0.525. The molecule has 1 spiro atoms. The maximum Gasteiger partial charge on any atom is 0.169 e. The van der Waals surface area contributed by atoms with E-state index in [1.165, 1.54) is 0 Å². The van der Waals surface area contributed by atoms with E-state index >= 15 is 0 Å². The van der Waals surface area contributed by atoms with Gasteiger partial charge in [-0.3, -0.25) is 0 Å². The van der Waals surface area contributed by atoms with Crippen molar-refractivity contribution in [1.29, 1.82) is 0 Å². The summed E-state index contributed by atoms with van der Waals surface area (Å²) in [5.41, 5.74) is 0. The van der Waals surface area contributed by atoms with Gasteiger partial charge in [0, 0.05) is 18.8 Å². The third-order valence-corrected chi connectivity index (χ3v) is 2.48. The monoisotopic (exact) mass is 156 g/mol. The molecule has 1 aliphatic carbocycles. The molecule has 2 fully saturated rings. The molecule has 1 unspecified atom stereocenters. The first-order valence-electron chi connectivity index (χ1n) is 4.08. The first-order valence-corrected chi connectivity index (χ1v) is 4.08. The van der Waals surface area contributed by atoms with Crippen LogP contribution in [0.15, 0.2) is 0 Å². The SMILES string of the molecule is O=CC1CCC2(C1)OCCO2.